The van der Waals surface area contributed by atoms with Gasteiger partial charge in [-0.15, -0.1) is 11.6 Å². The maximum atomic E-state index is 10.1. The summed E-state index contributed by atoms with van der Waals surface area (Å²) in [6.45, 7) is 0.803. The van der Waals surface area contributed by atoms with Crippen LogP contribution in [-0.4, -0.2) is 5.11 Å². The number of phenolic OH excluding ortho intramolecular Hbond substituents is 1. The SMILES string of the molecule is Oc1cc(OCc2ccccc2)c(OCc2ccccc2)cc1CCl. The molecule has 0 aliphatic rings. The molecule has 0 aromatic heterocycles. The third-order valence-corrected chi connectivity index (χ3v) is 4.05. The number of halogens is 1. The Morgan fingerprint density at radius 1 is 0.720 bits per heavy atom. The minimum absolute atomic E-state index is 0.102. The number of ether oxygens (including phenoxy) is 2. The summed E-state index contributed by atoms with van der Waals surface area (Å²) in [6.07, 6.45) is 0. The Balaban J connectivity index is 1.78. The van der Waals surface area contributed by atoms with E-state index in [2.05, 4.69) is 0 Å². The molecule has 0 saturated heterocycles. The Hall–Kier alpha value is -2.65. The summed E-state index contributed by atoms with van der Waals surface area (Å²) in [5.41, 5.74) is 2.70. The van der Waals surface area contributed by atoms with Crippen LogP contribution in [0.1, 0.15) is 16.7 Å². The molecular formula is C21H19ClO3. The van der Waals surface area contributed by atoms with E-state index in [0.29, 0.717) is 30.3 Å². The van der Waals surface area contributed by atoms with Crippen molar-refractivity contribution in [2.45, 2.75) is 19.1 Å². The molecule has 3 nitrogen and oxygen atoms in total. The Morgan fingerprint density at radius 3 is 1.68 bits per heavy atom. The van der Waals surface area contributed by atoms with Crippen LogP contribution in [0.3, 0.4) is 0 Å². The molecule has 3 rings (SSSR count). The minimum Gasteiger partial charge on any atom is -0.507 e. The van der Waals surface area contributed by atoms with Gasteiger partial charge in [-0.1, -0.05) is 60.7 Å². The van der Waals surface area contributed by atoms with Gasteiger partial charge in [-0.05, 0) is 17.2 Å². The Kier molecular flexibility index (Phi) is 5.81. The zero-order valence-electron chi connectivity index (χ0n) is 13.7. The lowest BCUT2D eigenvalue weighted by molar-refractivity contribution is 0.254. The highest BCUT2D eigenvalue weighted by Gasteiger charge is 2.12. The first-order valence-corrected chi connectivity index (χ1v) is 8.55. The van der Waals surface area contributed by atoms with Gasteiger partial charge >= 0.3 is 0 Å². The van der Waals surface area contributed by atoms with Crippen LogP contribution < -0.4 is 9.47 Å². The molecule has 0 spiro atoms. The van der Waals surface area contributed by atoms with E-state index in [1.807, 2.05) is 60.7 Å². The number of hydrogen-bond donors (Lipinski definition) is 1. The van der Waals surface area contributed by atoms with Crippen molar-refractivity contribution < 1.29 is 14.6 Å². The summed E-state index contributed by atoms with van der Waals surface area (Å²) >= 11 is 5.89. The van der Waals surface area contributed by atoms with Gasteiger partial charge in [0.15, 0.2) is 11.5 Å². The molecule has 128 valence electrons. The minimum atomic E-state index is 0.102. The van der Waals surface area contributed by atoms with Gasteiger partial charge in [0.05, 0.1) is 5.88 Å². The number of rotatable bonds is 7. The van der Waals surface area contributed by atoms with Gasteiger partial charge in [-0.3, -0.25) is 0 Å². The predicted octanol–water partition coefficient (Wildman–Crippen LogP) is 5.29. The maximum absolute atomic E-state index is 10.1. The lowest BCUT2D eigenvalue weighted by atomic mass is 10.2. The van der Waals surface area contributed by atoms with Crippen molar-refractivity contribution in [3.63, 3.8) is 0 Å². The van der Waals surface area contributed by atoms with Crippen molar-refractivity contribution in [1.29, 1.82) is 0 Å². The predicted molar refractivity (Wildman–Crippen MR) is 99.2 cm³/mol. The lowest BCUT2D eigenvalue weighted by Gasteiger charge is -2.15. The normalized spacial score (nSPS) is 10.4. The van der Waals surface area contributed by atoms with Gasteiger partial charge in [-0.25, -0.2) is 0 Å². The van der Waals surface area contributed by atoms with Gasteiger partial charge < -0.3 is 14.6 Å². The van der Waals surface area contributed by atoms with Crippen LogP contribution in [0.4, 0.5) is 0 Å². The van der Waals surface area contributed by atoms with Crippen LogP contribution in [0.2, 0.25) is 0 Å². The Labute approximate surface area is 152 Å². The molecule has 0 atom stereocenters. The molecule has 25 heavy (non-hydrogen) atoms. The molecule has 0 saturated carbocycles. The zero-order valence-corrected chi connectivity index (χ0v) is 14.4. The van der Waals surface area contributed by atoms with Crippen LogP contribution in [0.15, 0.2) is 72.8 Å². The lowest BCUT2D eigenvalue weighted by Crippen LogP contribution is -2.01. The number of hydrogen-bond acceptors (Lipinski definition) is 3. The summed E-state index contributed by atoms with van der Waals surface area (Å²) in [4.78, 5) is 0. The molecule has 0 amide bonds. The summed E-state index contributed by atoms with van der Waals surface area (Å²) in [6, 6.07) is 23.0. The average Bonchev–Trinajstić information content (AvgIpc) is 2.67. The monoisotopic (exact) mass is 354 g/mol. The highest BCUT2D eigenvalue weighted by atomic mass is 35.5. The zero-order chi connectivity index (χ0) is 17.5. The van der Waals surface area contributed by atoms with E-state index >= 15 is 0 Å². The largest absolute Gasteiger partial charge is 0.507 e. The van der Waals surface area contributed by atoms with Crippen LogP contribution >= 0.6 is 11.6 Å². The quantitative estimate of drug-likeness (QED) is 0.586. The fraction of sp³-hybridized carbons (Fsp3) is 0.143. The van der Waals surface area contributed by atoms with E-state index < -0.39 is 0 Å². The van der Waals surface area contributed by atoms with Gasteiger partial charge in [0.1, 0.15) is 19.0 Å². The third-order valence-electron chi connectivity index (χ3n) is 3.76. The Bertz CT molecular complexity index is 804. The number of benzene rings is 3. The van der Waals surface area contributed by atoms with Crippen molar-refractivity contribution >= 4 is 11.6 Å². The first kappa shape index (κ1) is 17.2. The second kappa shape index (κ2) is 8.45. The van der Waals surface area contributed by atoms with Gasteiger partial charge in [0, 0.05) is 11.6 Å². The topological polar surface area (TPSA) is 38.7 Å². The first-order chi connectivity index (χ1) is 12.3. The average molecular weight is 355 g/mol. The molecule has 1 N–H and O–H groups in total. The van der Waals surface area contributed by atoms with Gasteiger partial charge in [0.2, 0.25) is 0 Å². The molecule has 0 heterocycles. The van der Waals surface area contributed by atoms with E-state index in [-0.39, 0.29) is 11.6 Å². The molecule has 0 aliphatic carbocycles. The van der Waals surface area contributed by atoms with E-state index in [9.17, 15) is 5.11 Å². The van der Waals surface area contributed by atoms with Crippen molar-refractivity contribution in [3.05, 3.63) is 89.5 Å². The molecule has 4 heteroatoms. The van der Waals surface area contributed by atoms with Gasteiger partial charge in [-0.2, -0.15) is 0 Å². The standard InChI is InChI=1S/C21H19ClO3/c22-13-18-11-20(24-14-16-7-3-1-4-8-16)21(12-19(18)23)25-15-17-9-5-2-6-10-17/h1-12,23H,13-15H2. The van der Waals surface area contributed by atoms with Crippen LogP contribution in [-0.2, 0) is 19.1 Å². The summed E-state index contributed by atoms with van der Waals surface area (Å²) < 4.78 is 11.8. The van der Waals surface area contributed by atoms with Crippen molar-refractivity contribution in [2.75, 3.05) is 0 Å². The smallest absolute Gasteiger partial charge is 0.165 e. The number of phenols is 1. The Morgan fingerprint density at radius 2 is 1.20 bits per heavy atom. The molecule has 0 aliphatic heterocycles. The molecule has 0 bridgehead atoms. The fourth-order valence-corrected chi connectivity index (χ4v) is 2.61. The van der Waals surface area contributed by atoms with E-state index in [1.165, 1.54) is 0 Å². The summed E-state index contributed by atoms with van der Waals surface area (Å²) in [5, 5.41) is 10.1. The van der Waals surface area contributed by atoms with Crippen LogP contribution in [0.25, 0.3) is 0 Å². The summed E-state index contributed by atoms with van der Waals surface area (Å²) in [7, 11) is 0. The van der Waals surface area contributed by atoms with E-state index in [0.717, 1.165) is 11.1 Å². The molecule has 3 aromatic carbocycles. The maximum Gasteiger partial charge on any atom is 0.165 e. The second-order valence-corrected chi connectivity index (χ2v) is 5.88. The fourth-order valence-electron chi connectivity index (χ4n) is 2.39. The highest BCUT2D eigenvalue weighted by molar-refractivity contribution is 6.17. The third kappa shape index (κ3) is 4.68. The van der Waals surface area contributed by atoms with Crippen LogP contribution in [0, 0.1) is 0 Å². The first-order valence-electron chi connectivity index (χ1n) is 8.01. The second-order valence-electron chi connectivity index (χ2n) is 5.61. The van der Waals surface area contributed by atoms with Gasteiger partial charge in [0.25, 0.3) is 0 Å². The number of aromatic hydroxyl groups is 1. The van der Waals surface area contributed by atoms with E-state index in [4.69, 9.17) is 21.1 Å². The molecule has 0 radical (unpaired) electrons. The summed E-state index contributed by atoms with van der Waals surface area (Å²) in [5.74, 6) is 1.36. The van der Waals surface area contributed by atoms with E-state index in [1.54, 1.807) is 12.1 Å². The highest BCUT2D eigenvalue weighted by Crippen LogP contribution is 2.36. The molecule has 3 aromatic rings. The molecule has 0 unspecified atom stereocenters. The molecular weight excluding hydrogens is 336 g/mol. The van der Waals surface area contributed by atoms with Crippen molar-refractivity contribution in [2.24, 2.45) is 0 Å². The van der Waals surface area contributed by atoms with Crippen LogP contribution in [0.5, 0.6) is 17.2 Å². The van der Waals surface area contributed by atoms with Crippen molar-refractivity contribution in [3.8, 4) is 17.2 Å². The van der Waals surface area contributed by atoms with Crippen molar-refractivity contribution in [1.82, 2.24) is 0 Å². The number of alkyl halides is 1. The molecule has 0 fully saturated rings.